The molecule has 0 radical (unpaired) electrons. The van der Waals surface area contributed by atoms with Crippen LogP contribution in [-0.4, -0.2) is 34.6 Å². The summed E-state index contributed by atoms with van der Waals surface area (Å²) in [6.45, 7) is 5.93. The molecular formula is C13H26N4O. The van der Waals surface area contributed by atoms with Crippen molar-refractivity contribution in [1.82, 2.24) is 9.78 Å². The first-order valence-electron chi connectivity index (χ1n) is 6.82. The highest BCUT2D eigenvalue weighted by molar-refractivity contribution is 5.66. The molecule has 0 aliphatic rings. The number of nitrogen functional groups attached to an aromatic ring is 1. The van der Waals surface area contributed by atoms with Crippen molar-refractivity contribution >= 4 is 11.5 Å². The highest BCUT2D eigenvalue weighted by Crippen LogP contribution is 2.27. The molecule has 0 aromatic carbocycles. The molecule has 1 rings (SSSR count). The van der Waals surface area contributed by atoms with E-state index in [4.69, 9.17) is 5.73 Å². The molecule has 0 aliphatic heterocycles. The van der Waals surface area contributed by atoms with Crippen LogP contribution in [0.3, 0.4) is 0 Å². The van der Waals surface area contributed by atoms with Gasteiger partial charge in [0.05, 0.1) is 18.0 Å². The van der Waals surface area contributed by atoms with E-state index in [0.29, 0.717) is 6.54 Å². The lowest BCUT2D eigenvalue weighted by Crippen LogP contribution is -2.30. The maximum Gasteiger partial charge on any atom is 0.150 e. The normalized spacial score (nSPS) is 10.9. The Hall–Kier alpha value is -1.23. The van der Waals surface area contributed by atoms with Gasteiger partial charge in [-0.25, -0.2) is 0 Å². The van der Waals surface area contributed by atoms with Gasteiger partial charge in [-0.05, 0) is 12.8 Å². The Morgan fingerprint density at radius 3 is 2.56 bits per heavy atom. The molecule has 1 heterocycles. The predicted octanol–water partition coefficient (Wildman–Crippen LogP) is 1.55. The Bertz CT molecular complexity index is 362. The Balaban J connectivity index is 2.95. The highest BCUT2D eigenvalue weighted by Gasteiger charge is 2.18. The summed E-state index contributed by atoms with van der Waals surface area (Å²) < 4.78 is 1.84. The molecule has 1 aromatic rings. The Labute approximate surface area is 110 Å². The molecule has 5 heteroatoms. The molecule has 0 saturated carbocycles. The zero-order valence-corrected chi connectivity index (χ0v) is 11.8. The predicted molar refractivity (Wildman–Crippen MR) is 75.8 cm³/mol. The maximum atomic E-state index is 9.18. The lowest BCUT2D eigenvalue weighted by molar-refractivity contribution is 0.301. The molecule has 5 nitrogen and oxygen atoms in total. The van der Waals surface area contributed by atoms with Crippen molar-refractivity contribution in [3.8, 4) is 0 Å². The quantitative estimate of drug-likeness (QED) is 0.738. The van der Waals surface area contributed by atoms with Crippen LogP contribution in [0.2, 0.25) is 0 Å². The molecular weight excluding hydrogens is 228 g/mol. The van der Waals surface area contributed by atoms with Crippen molar-refractivity contribution in [1.29, 1.82) is 0 Å². The molecule has 0 saturated heterocycles. The fourth-order valence-corrected chi connectivity index (χ4v) is 2.18. The third-order valence-corrected chi connectivity index (χ3v) is 3.07. The second-order valence-corrected chi connectivity index (χ2v) is 4.62. The number of anilines is 2. The summed E-state index contributed by atoms with van der Waals surface area (Å²) in [5, 5.41) is 13.7. The second kappa shape index (κ2) is 7.26. The third kappa shape index (κ3) is 3.38. The number of nitrogens with zero attached hydrogens (tertiary/aromatic N) is 3. The van der Waals surface area contributed by atoms with Gasteiger partial charge in [-0.1, -0.05) is 26.7 Å². The van der Waals surface area contributed by atoms with E-state index in [-0.39, 0.29) is 6.61 Å². The lowest BCUT2D eigenvalue weighted by atomic mass is 10.2. The molecule has 18 heavy (non-hydrogen) atoms. The summed E-state index contributed by atoms with van der Waals surface area (Å²) in [6.07, 6.45) is 4.16. The molecule has 0 atom stereocenters. The molecule has 0 bridgehead atoms. The first-order valence-corrected chi connectivity index (χ1v) is 6.82. The van der Waals surface area contributed by atoms with E-state index in [2.05, 4.69) is 23.8 Å². The summed E-state index contributed by atoms with van der Waals surface area (Å²) >= 11 is 0. The van der Waals surface area contributed by atoms with Gasteiger partial charge in [0.15, 0.2) is 0 Å². The monoisotopic (exact) mass is 254 g/mol. The Morgan fingerprint density at radius 1 is 1.28 bits per heavy atom. The van der Waals surface area contributed by atoms with E-state index in [1.807, 2.05) is 11.7 Å². The van der Waals surface area contributed by atoms with Gasteiger partial charge in [-0.2, -0.15) is 5.10 Å². The van der Waals surface area contributed by atoms with Crippen LogP contribution in [0.25, 0.3) is 0 Å². The minimum Gasteiger partial charge on any atom is -0.395 e. The van der Waals surface area contributed by atoms with Crippen molar-refractivity contribution in [2.45, 2.75) is 39.5 Å². The molecule has 0 aliphatic carbocycles. The van der Waals surface area contributed by atoms with E-state index in [0.717, 1.165) is 49.4 Å². The average Bonchev–Trinajstić information content (AvgIpc) is 2.61. The topological polar surface area (TPSA) is 67.3 Å². The molecule has 104 valence electrons. The van der Waals surface area contributed by atoms with Crippen molar-refractivity contribution in [2.75, 3.05) is 30.3 Å². The molecule has 1 aromatic heterocycles. The molecule has 0 fully saturated rings. The number of aliphatic hydroxyl groups excluding tert-OH is 1. The van der Waals surface area contributed by atoms with E-state index in [9.17, 15) is 5.11 Å². The summed E-state index contributed by atoms with van der Waals surface area (Å²) in [7, 11) is 1.92. The smallest absolute Gasteiger partial charge is 0.150 e. The minimum absolute atomic E-state index is 0.136. The zero-order valence-electron chi connectivity index (χ0n) is 11.8. The Morgan fingerprint density at radius 2 is 2.00 bits per heavy atom. The van der Waals surface area contributed by atoms with Gasteiger partial charge in [0, 0.05) is 20.1 Å². The molecule has 0 unspecified atom stereocenters. The molecule has 3 N–H and O–H groups in total. The highest BCUT2D eigenvalue weighted by atomic mass is 16.3. The summed E-state index contributed by atoms with van der Waals surface area (Å²) in [6, 6.07) is 0. The standard InChI is InChI=1S/C13H26N4O/c1-4-6-8-17(9-10-18)13-12(14)11(7-5-2)15-16(13)3/h18H,4-10,14H2,1-3H3. The average molecular weight is 254 g/mol. The number of hydrogen-bond acceptors (Lipinski definition) is 4. The van der Waals surface area contributed by atoms with Gasteiger partial charge in [-0.15, -0.1) is 0 Å². The van der Waals surface area contributed by atoms with Gasteiger partial charge < -0.3 is 15.7 Å². The number of hydrogen-bond donors (Lipinski definition) is 2. The van der Waals surface area contributed by atoms with Crippen LogP contribution in [0.15, 0.2) is 0 Å². The number of rotatable bonds is 8. The van der Waals surface area contributed by atoms with Crippen molar-refractivity contribution in [3.05, 3.63) is 5.69 Å². The fourth-order valence-electron chi connectivity index (χ4n) is 2.18. The van der Waals surface area contributed by atoms with Crippen LogP contribution in [0.1, 0.15) is 38.8 Å². The van der Waals surface area contributed by atoms with Crippen molar-refractivity contribution in [2.24, 2.45) is 7.05 Å². The zero-order chi connectivity index (χ0) is 13.5. The van der Waals surface area contributed by atoms with Gasteiger partial charge >= 0.3 is 0 Å². The van der Waals surface area contributed by atoms with Crippen LogP contribution in [0.5, 0.6) is 0 Å². The first-order chi connectivity index (χ1) is 8.65. The first kappa shape index (κ1) is 14.8. The minimum atomic E-state index is 0.136. The largest absolute Gasteiger partial charge is 0.395 e. The van der Waals surface area contributed by atoms with Gasteiger partial charge in [0.1, 0.15) is 5.82 Å². The SMILES string of the molecule is CCCCN(CCO)c1c(N)c(CCC)nn1C. The lowest BCUT2D eigenvalue weighted by Gasteiger charge is -2.24. The van der Waals surface area contributed by atoms with Crippen LogP contribution in [0, 0.1) is 0 Å². The summed E-state index contributed by atoms with van der Waals surface area (Å²) in [5.41, 5.74) is 7.92. The molecule has 0 spiro atoms. The van der Waals surface area contributed by atoms with E-state index in [1.54, 1.807) is 0 Å². The van der Waals surface area contributed by atoms with Crippen molar-refractivity contribution in [3.63, 3.8) is 0 Å². The van der Waals surface area contributed by atoms with E-state index >= 15 is 0 Å². The van der Waals surface area contributed by atoms with Crippen molar-refractivity contribution < 1.29 is 5.11 Å². The second-order valence-electron chi connectivity index (χ2n) is 4.62. The van der Waals surface area contributed by atoms with Crippen LogP contribution in [-0.2, 0) is 13.5 Å². The van der Waals surface area contributed by atoms with Gasteiger partial charge in [-0.3, -0.25) is 4.68 Å². The number of unbranched alkanes of at least 4 members (excludes halogenated alkanes) is 1. The number of aromatic nitrogens is 2. The van der Waals surface area contributed by atoms with Crippen LogP contribution in [0.4, 0.5) is 11.5 Å². The summed E-state index contributed by atoms with van der Waals surface area (Å²) in [4.78, 5) is 2.13. The number of aliphatic hydroxyl groups is 1. The molecule has 0 amide bonds. The fraction of sp³-hybridized carbons (Fsp3) is 0.769. The van der Waals surface area contributed by atoms with Crippen LogP contribution < -0.4 is 10.6 Å². The number of nitrogens with two attached hydrogens (primary N) is 1. The number of aryl methyl sites for hydroxylation is 2. The summed E-state index contributed by atoms with van der Waals surface area (Å²) in [5.74, 6) is 0.945. The van der Waals surface area contributed by atoms with E-state index in [1.165, 1.54) is 0 Å². The third-order valence-electron chi connectivity index (χ3n) is 3.07. The van der Waals surface area contributed by atoms with Gasteiger partial charge in [0.2, 0.25) is 0 Å². The Kier molecular flexibility index (Phi) is 5.98. The van der Waals surface area contributed by atoms with E-state index < -0.39 is 0 Å². The maximum absolute atomic E-state index is 9.18. The van der Waals surface area contributed by atoms with Gasteiger partial charge in [0.25, 0.3) is 0 Å². The van der Waals surface area contributed by atoms with Crippen LogP contribution >= 0.6 is 0 Å².